The zero-order chi connectivity index (χ0) is 14.0. The Morgan fingerprint density at radius 2 is 2.32 bits per heavy atom. The van der Waals surface area contributed by atoms with Crippen LogP contribution in [0.1, 0.15) is 42.8 Å². The summed E-state index contributed by atoms with van der Waals surface area (Å²) in [6.45, 7) is 4.16. The highest BCUT2D eigenvalue weighted by Gasteiger charge is 2.31. The maximum atomic E-state index is 11.0. The number of piperidine rings is 1. The monoisotopic (exact) mass is 265 g/mol. The molecule has 19 heavy (non-hydrogen) atoms. The second kappa shape index (κ2) is 5.52. The number of aryl methyl sites for hydroxylation is 1. The lowest BCUT2D eigenvalue weighted by Crippen LogP contribution is -2.43. The minimum Gasteiger partial charge on any atom is -0.465 e. The fourth-order valence-corrected chi connectivity index (χ4v) is 2.69. The standard InChI is InChI=1S/C13H19N3O3/c1-8-5-10(3-4-16(8)13(18)19)12-11(7-17)6-14-9(2)15-12/h6,8,10,17H,3-5,7H2,1-2H3,(H,18,19). The van der Waals surface area contributed by atoms with E-state index in [9.17, 15) is 9.90 Å². The number of hydrogen-bond acceptors (Lipinski definition) is 4. The van der Waals surface area contributed by atoms with Crippen molar-refractivity contribution in [2.24, 2.45) is 0 Å². The van der Waals surface area contributed by atoms with E-state index >= 15 is 0 Å². The molecule has 6 nitrogen and oxygen atoms in total. The van der Waals surface area contributed by atoms with E-state index in [-0.39, 0.29) is 18.6 Å². The molecule has 1 aromatic heterocycles. The summed E-state index contributed by atoms with van der Waals surface area (Å²) in [7, 11) is 0. The molecule has 2 atom stereocenters. The summed E-state index contributed by atoms with van der Waals surface area (Å²) in [6.07, 6.45) is 2.26. The summed E-state index contributed by atoms with van der Waals surface area (Å²) in [5, 5.41) is 18.4. The third-order valence-corrected chi connectivity index (χ3v) is 3.70. The van der Waals surface area contributed by atoms with E-state index in [2.05, 4.69) is 9.97 Å². The Kier molecular flexibility index (Phi) is 3.99. The smallest absolute Gasteiger partial charge is 0.407 e. The SMILES string of the molecule is Cc1ncc(CO)c(C2CCN(C(=O)O)C(C)C2)n1. The number of hydrogen-bond donors (Lipinski definition) is 2. The van der Waals surface area contributed by atoms with Gasteiger partial charge in [0.2, 0.25) is 0 Å². The van der Waals surface area contributed by atoms with Gasteiger partial charge in [-0.25, -0.2) is 14.8 Å². The van der Waals surface area contributed by atoms with Crippen molar-refractivity contribution in [3.8, 4) is 0 Å². The highest BCUT2D eigenvalue weighted by molar-refractivity contribution is 5.65. The number of amides is 1. The number of carbonyl (C=O) groups is 1. The summed E-state index contributed by atoms with van der Waals surface area (Å²) in [4.78, 5) is 21.0. The van der Waals surface area contributed by atoms with E-state index in [0.29, 0.717) is 12.4 Å². The summed E-state index contributed by atoms with van der Waals surface area (Å²) >= 11 is 0. The number of nitrogens with zero attached hydrogens (tertiary/aromatic N) is 3. The first-order valence-electron chi connectivity index (χ1n) is 6.45. The highest BCUT2D eigenvalue weighted by atomic mass is 16.4. The molecule has 0 bridgehead atoms. The van der Waals surface area contributed by atoms with Crippen LogP contribution in [0.2, 0.25) is 0 Å². The molecule has 6 heteroatoms. The largest absolute Gasteiger partial charge is 0.465 e. The summed E-state index contributed by atoms with van der Waals surface area (Å²) in [6, 6.07) is -0.0296. The first-order chi connectivity index (χ1) is 9.02. The molecule has 0 spiro atoms. The molecule has 0 saturated carbocycles. The molecule has 1 aliphatic heterocycles. The Morgan fingerprint density at radius 1 is 1.58 bits per heavy atom. The molecule has 0 aromatic carbocycles. The number of rotatable bonds is 2. The van der Waals surface area contributed by atoms with Crippen molar-refractivity contribution >= 4 is 6.09 Å². The Hall–Kier alpha value is -1.69. The van der Waals surface area contributed by atoms with Gasteiger partial charge in [0.05, 0.1) is 12.3 Å². The summed E-state index contributed by atoms with van der Waals surface area (Å²) < 4.78 is 0. The van der Waals surface area contributed by atoms with Gasteiger partial charge in [0, 0.05) is 30.3 Å². The van der Waals surface area contributed by atoms with Gasteiger partial charge in [-0.2, -0.15) is 0 Å². The third kappa shape index (κ3) is 2.84. The molecule has 0 radical (unpaired) electrons. The van der Waals surface area contributed by atoms with E-state index < -0.39 is 6.09 Å². The Labute approximate surface area is 112 Å². The fraction of sp³-hybridized carbons (Fsp3) is 0.615. The van der Waals surface area contributed by atoms with Crippen molar-refractivity contribution in [2.45, 2.75) is 45.3 Å². The molecule has 0 aliphatic carbocycles. The van der Waals surface area contributed by atoms with Crippen LogP contribution in [-0.4, -0.2) is 43.8 Å². The van der Waals surface area contributed by atoms with Crippen LogP contribution in [0.3, 0.4) is 0 Å². The number of carboxylic acid groups (broad SMARTS) is 1. The fourth-order valence-electron chi connectivity index (χ4n) is 2.69. The minimum absolute atomic E-state index is 0.0296. The summed E-state index contributed by atoms with van der Waals surface area (Å²) in [5.41, 5.74) is 1.61. The topological polar surface area (TPSA) is 86.6 Å². The number of likely N-dealkylation sites (tertiary alicyclic amines) is 1. The number of aliphatic hydroxyl groups is 1. The van der Waals surface area contributed by atoms with Gasteiger partial charge >= 0.3 is 6.09 Å². The van der Waals surface area contributed by atoms with E-state index in [1.807, 2.05) is 13.8 Å². The Bertz CT molecular complexity index is 478. The van der Waals surface area contributed by atoms with Crippen molar-refractivity contribution in [1.82, 2.24) is 14.9 Å². The van der Waals surface area contributed by atoms with Gasteiger partial charge in [0.1, 0.15) is 5.82 Å². The molecule has 1 amide bonds. The zero-order valence-electron chi connectivity index (χ0n) is 11.2. The van der Waals surface area contributed by atoms with Gasteiger partial charge in [-0.3, -0.25) is 0 Å². The third-order valence-electron chi connectivity index (χ3n) is 3.70. The van der Waals surface area contributed by atoms with Crippen LogP contribution in [0.4, 0.5) is 4.79 Å². The van der Waals surface area contributed by atoms with Gasteiger partial charge in [-0.05, 0) is 26.7 Å². The lowest BCUT2D eigenvalue weighted by Gasteiger charge is -2.36. The molecule has 1 aliphatic rings. The Morgan fingerprint density at radius 3 is 2.89 bits per heavy atom. The maximum Gasteiger partial charge on any atom is 0.407 e. The zero-order valence-corrected chi connectivity index (χ0v) is 11.2. The Balaban J connectivity index is 2.20. The van der Waals surface area contributed by atoms with Crippen LogP contribution in [-0.2, 0) is 6.61 Å². The molecule has 1 aromatic rings. The number of aromatic nitrogens is 2. The van der Waals surface area contributed by atoms with Crippen molar-refractivity contribution in [1.29, 1.82) is 0 Å². The molecule has 2 heterocycles. The predicted molar refractivity (Wildman–Crippen MR) is 68.9 cm³/mol. The van der Waals surface area contributed by atoms with E-state index in [0.717, 1.165) is 24.1 Å². The van der Waals surface area contributed by atoms with Crippen LogP contribution >= 0.6 is 0 Å². The lowest BCUT2D eigenvalue weighted by molar-refractivity contribution is 0.106. The van der Waals surface area contributed by atoms with Crippen LogP contribution < -0.4 is 0 Å². The molecule has 104 valence electrons. The van der Waals surface area contributed by atoms with Gasteiger partial charge in [0.25, 0.3) is 0 Å². The molecule has 2 N–H and O–H groups in total. The molecule has 1 saturated heterocycles. The molecular formula is C13H19N3O3. The quantitative estimate of drug-likeness (QED) is 0.846. The van der Waals surface area contributed by atoms with Crippen LogP contribution in [0, 0.1) is 6.92 Å². The second-order valence-electron chi connectivity index (χ2n) is 5.03. The van der Waals surface area contributed by atoms with Gasteiger partial charge in [-0.1, -0.05) is 0 Å². The minimum atomic E-state index is -0.868. The van der Waals surface area contributed by atoms with E-state index in [4.69, 9.17) is 5.11 Å². The van der Waals surface area contributed by atoms with Crippen molar-refractivity contribution in [3.05, 3.63) is 23.3 Å². The van der Waals surface area contributed by atoms with Crippen molar-refractivity contribution < 1.29 is 15.0 Å². The summed E-state index contributed by atoms with van der Waals surface area (Å²) in [5.74, 6) is 0.870. The second-order valence-corrected chi connectivity index (χ2v) is 5.03. The number of aliphatic hydroxyl groups excluding tert-OH is 1. The van der Waals surface area contributed by atoms with Crippen molar-refractivity contribution in [2.75, 3.05) is 6.54 Å². The maximum absolute atomic E-state index is 11.0. The first kappa shape index (κ1) is 13.7. The highest BCUT2D eigenvalue weighted by Crippen LogP contribution is 2.32. The predicted octanol–water partition coefficient (Wildman–Crippen LogP) is 1.52. The van der Waals surface area contributed by atoms with Crippen LogP contribution in [0.25, 0.3) is 0 Å². The van der Waals surface area contributed by atoms with E-state index in [1.54, 1.807) is 6.20 Å². The molecule has 2 unspecified atom stereocenters. The average molecular weight is 265 g/mol. The van der Waals surface area contributed by atoms with E-state index in [1.165, 1.54) is 4.90 Å². The molecular weight excluding hydrogens is 246 g/mol. The van der Waals surface area contributed by atoms with Crippen molar-refractivity contribution in [3.63, 3.8) is 0 Å². The van der Waals surface area contributed by atoms with Crippen LogP contribution in [0.15, 0.2) is 6.20 Å². The van der Waals surface area contributed by atoms with Gasteiger partial charge < -0.3 is 15.1 Å². The first-order valence-corrected chi connectivity index (χ1v) is 6.45. The molecule has 2 rings (SSSR count). The van der Waals surface area contributed by atoms with Gasteiger partial charge in [0.15, 0.2) is 0 Å². The van der Waals surface area contributed by atoms with Crippen LogP contribution in [0.5, 0.6) is 0 Å². The molecule has 1 fully saturated rings. The lowest BCUT2D eigenvalue weighted by atomic mass is 9.87. The normalized spacial score (nSPS) is 23.4. The average Bonchev–Trinajstić information content (AvgIpc) is 2.38. The van der Waals surface area contributed by atoms with Gasteiger partial charge in [-0.15, -0.1) is 0 Å².